The molecule has 4 unspecified atom stereocenters. The molecule has 1 aliphatic carbocycles. The van der Waals surface area contributed by atoms with Crippen molar-refractivity contribution in [2.75, 3.05) is 0 Å². The smallest absolute Gasteiger partial charge is 0.0736 e. The first kappa shape index (κ1) is 16.5. The lowest BCUT2D eigenvalue weighted by Crippen LogP contribution is -2.47. The van der Waals surface area contributed by atoms with Gasteiger partial charge in [-0.2, -0.15) is 5.10 Å². The molecule has 0 aliphatic heterocycles. The molecule has 1 aromatic rings. The van der Waals surface area contributed by atoms with Gasteiger partial charge < -0.3 is 5.11 Å². The summed E-state index contributed by atoms with van der Waals surface area (Å²) in [4.78, 5) is 0. The van der Waals surface area contributed by atoms with Crippen LogP contribution < -0.4 is 0 Å². The van der Waals surface area contributed by atoms with Crippen LogP contribution in [0.3, 0.4) is 0 Å². The van der Waals surface area contributed by atoms with Crippen LogP contribution >= 0.6 is 0 Å². The second-order valence-electron chi connectivity index (χ2n) is 7.56. The third kappa shape index (κ3) is 3.68. The summed E-state index contributed by atoms with van der Waals surface area (Å²) < 4.78 is 2.04. The zero-order chi connectivity index (χ0) is 15.6. The van der Waals surface area contributed by atoms with E-state index in [1.165, 1.54) is 6.42 Å². The molecule has 1 fully saturated rings. The van der Waals surface area contributed by atoms with E-state index in [0.717, 1.165) is 25.0 Å². The van der Waals surface area contributed by atoms with Crippen molar-refractivity contribution >= 4 is 0 Å². The molecule has 1 aromatic heterocycles. The second-order valence-corrected chi connectivity index (χ2v) is 7.56. The van der Waals surface area contributed by atoms with E-state index >= 15 is 0 Å². The zero-order valence-corrected chi connectivity index (χ0v) is 14.3. The number of hydrogen-bond acceptors (Lipinski definition) is 2. The summed E-state index contributed by atoms with van der Waals surface area (Å²) in [6.07, 6.45) is 7.13. The molecule has 3 nitrogen and oxygen atoms in total. The van der Waals surface area contributed by atoms with Gasteiger partial charge in [-0.1, -0.05) is 34.1 Å². The highest BCUT2D eigenvalue weighted by atomic mass is 16.3. The van der Waals surface area contributed by atoms with Crippen molar-refractivity contribution < 1.29 is 5.11 Å². The van der Waals surface area contributed by atoms with Crippen LogP contribution in [0.5, 0.6) is 0 Å². The van der Waals surface area contributed by atoms with Gasteiger partial charge in [-0.15, -0.1) is 0 Å². The van der Waals surface area contributed by atoms with Crippen molar-refractivity contribution in [3.05, 3.63) is 18.0 Å². The highest BCUT2D eigenvalue weighted by Crippen LogP contribution is 2.42. The van der Waals surface area contributed by atoms with Gasteiger partial charge in [0, 0.05) is 18.7 Å². The van der Waals surface area contributed by atoms with Crippen LogP contribution in [0.1, 0.15) is 72.0 Å². The molecule has 2 rings (SSSR count). The van der Waals surface area contributed by atoms with Crippen molar-refractivity contribution in [1.82, 2.24) is 9.78 Å². The van der Waals surface area contributed by atoms with Crippen LogP contribution in [0, 0.1) is 17.8 Å². The van der Waals surface area contributed by atoms with E-state index in [9.17, 15) is 5.11 Å². The molecule has 1 aliphatic rings. The first-order chi connectivity index (χ1) is 9.85. The molecule has 0 spiro atoms. The maximum Gasteiger partial charge on any atom is 0.0736 e. The molecule has 120 valence electrons. The molecular formula is C18H32N2O. The Labute approximate surface area is 129 Å². The van der Waals surface area contributed by atoms with Gasteiger partial charge in [-0.05, 0) is 50.0 Å². The van der Waals surface area contributed by atoms with E-state index in [2.05, 4.69) is 46.9 Å². The average molecular weight is 292 g/mol. The fraction of sp³-hybridized carbons (Fsp3) is 0.833. The van der Waals surface area contributed by atoms with Gasteiger partial charge >= 0.3 is 0 Å². The molecule has 0 amide bonds. The van der Waals surface area contributed by atoms with Crippen molar-refractivity contribution in [3.63, 3.8) is 0 Å². The molecule has 21 heavy (non-hydrogen) atoms. The number of rotatable bonds is 5. The summed E-state index contributed by atoms with van der Waals surface area (Å²) >= 11 is 0. The summed E-state index contributed by atoms with van der Waals surface area (Å²) in [5, 5.41) is 16.0. The second kappa shape index (κ2) is 6.51. The SMILES string of the molecule is CCC(C)n1ccc(CC2(O)CC(C)CCC2C(C)C)n1. The topological polar surface area (TPSA) is 38.0 Å². The minimum atomic E-state index is -0.583. The zero-order valence-electron chi connectivity index (χ0n) is 14.3. The number of aromatic nitrogens is 2. The van der Waals surface area contributed by atoms with Crippen LogP contribution in [-0.4, -0.2) is 20.5 Å². The lowest BCUT2D eigenvalue weighted by Gasteiger charge is -2.44. The fourth-order valence-corrected chi connectivity index (χ4v) is 3.96. The fourth-order valence-electron chi connectivity index (χ4n) is 3.96. The quantitative estimate of drug-likeness (QED) is 0.882. The van der Waals surface area contributed by atoms with Gasteiger partial charge in [-0.3, -0.25) is 4.68 Å². The normalized spacial score (nSPS) is 31.6. The van der Waals surface area contributed by atoms with Gasteiger partial charge in [0.2, 0.25) is 0 Å². The molecule has 1 saturated carbocycles. The number of nitrogens with zero attached hydrogens (tertiary/aromatic N) is 2. The molecule has 1 heterocycles. The summed E-state index contributed by atoms with van der Waals surface area (Å²) in [5.74, 6) is 1.53. The molecule has 0 radical (unpaired) electrons. The Morgan fingerprint density at radius 3 is 2.71 bits per heavy atom. The lowest BCUT2D eigenvalue weighted by atomic mass is 9.65. The van der Waals surface area contributed by atoms with Crippen molar-refractivity contribution in [2.45, 2.75) is 78.4 Å². The summed E-state index contributed by atoms with van der Waals surface area (Å²) in [6.45, 7) is 11.1. The number of hydrogen-bond donors (Lipinski definition) is 1. The van der Waals surface area contributed by atoms with Crippen LogP contribution in [0.2, 0.25) is 0 Å². The minimum Gasteiger partial charge on any atom is -0.389 e. The Balaban J connectivity index is 2.15. The third-order valence-corrected chi connectivity index (χ3v) is 5.36. The Morgan fingerprint density at radius 1 is 1.38 bits per heavy atom. The van der Waals surface area contributed by atoms with Gasteiger partial charge in [0.15, 0.2) is 0 Å². The maximum absolute atomic E-state index is 11.3. The van der Waals surface area contributed by atoms with Crippen molar-refractivity contribution in [3.8, 4) is 0 Å². The molecule has 0 bridgehead atoms. The Hall–Kier alpha value is -0.830. The first-order valence-electron chi connectivity index (χ1n) is 8.62. The molecule has 0 aromatic carbocycles. The molecule has 0 saturated heterocycles. The Bertz CT molecular complexity index is 454. The van der Waals surface area contributed by atoms with E-state index in [1.807, 2.05) is 4.68 Å². The van der Waals surface area contributed by atoms with Crippen molar-refractivity contribution in [2.24, 2.45) is 17.8 Å². The average Bonchev–Trinajstić information content (AvgIpc) is 2.84. The van der Waals surface area contributed by atoms with Gasteiger partial charge in [0.1, 0.15) is 0 Å². The van der Waals surface area contributed by atoms with Crippen LogP contribution in [0.15, 0.2) is 12.3 Å². The number of aliphatic hydroxyl groups is 1. The standard InChI is InChI=1S/C18H32N2O/c1-6-15(5)20-10-9-16(19-20)12-18(21)11-14(4)7-8-17(18)13(2)3/h9-10,13-15,17,21H,6-8,11-12H2,1-5H3. The highest BCUT2D eigenvalue weighted by molar-refractivity contribution is 5.08. The van der Waals surface area contributed by atoms with Gasteiger partial charge in [0.25, 0.3) is 0 Å². The largest absolute Gasteiger partial charge is 0.389 e. The summed E-state index contributed by atoms with van der Waals surface area (Å²) in [5.41, 5.74) is 0.457. The van der Waals surface area contributed by atoms with Crippen LogP contribution in [-0.2, 0) is 6.42 Å². The monoisotopic (exact) mass is 292 g/mol. The van der Waals surface area contributed by atoms with E-state index < -0.39 is 5.60 Å². The summed E-state index contributed by atoms with van der Waals surface area (Å²) in [7, 11) is 0. The third-order valence-electron chi connectivity index (χ3n) is 5.36. The lowest BCUT2D eigenvalue weighted by molar-refractivity contribution is -0.0801. The Morgan fingerprint density at radius 2 is 2.10 bits per heavy atom. The predicted octanol–water partition coefficient (Wildman–Crippen LogP) is 4.22. The predicted molar refractivity (Wildman–Crippen MR) is 87.2 cm³/mol. The van der Waals surface area contributed by atoms with Crippen molar-refractivity contribution in [1.29, 1.82) is 0 Å². The Kier molecular flexibility index (Phi) is 5.13. The summed E-state index contributed by atoms with van der Waals surface area (Å²) in [6, 6.07) is 2.51. The molecule has 3 heteroatoms. The van der Waals surface area contributed by atoms with E-state index in [0.29, 0.717) is 30.2 Å². The first-order valence-corrected chi connectivity index (χ1v) is 8.62. The molecule has 1 N–H and O–H groups in total. The molecule has 4 atom stereocenters. The van der Waals surface area contributed by atoms with Crippen LogP contribution in [0.25, 0.3) is 0 Å². The highest BCUT2D eigenvalue weighted by Gasteiger charge is 2.43. The van der Waals surface area contributed by atoms with Gasteiger partial charge in [-0.25, -0.2) is 0 Å². The van der Waals surface area contributed by atoms with Gasteiger partial charge in [0.05, 0.1) is 11.3 Å². The van der Waals surface area contributed by atoms with Crippen LogP contribution in [0.4, 0.5) is 0 Å². The van der Waals surface area contributed by atoms with E-state index in [4.69, 9.17) is 5.10 Å². The maximum atomic E-state index is 11.3. The van der Waals surface area contributed by atoms with E-state index in [-0.39, 0.29) is 0 Å². The molecular weight excluding hydrogens is 260 g/mol. The van der Waals surface area contributed by atoms with E-state index in [1.54, 1.807) is 0 Å². The minimum absolute atomic E-state index is 0.391.